The molecule has 0 radical (unpaired) electrons. The molecule has 1 unspecified atom stereocenters. The van der Waals surface area contributed by atoms with E-state index in [-0.39, 0.29) is 10.8 Å². The molecule has 0 aliphatic heterocycles. The minimum Gasteiger partial charge on any atom is -0.299 e. The molecule has 0 heterocycles. The maximum atomic E-state index is 12.4. The van der Waals surface area contributed by atoms with Gasteiger partial charge in [-0.05, 0) is 49.9 Å². The molecule has 0 aromatic carbocycles. The first-order valence-corrected chi connectivity index (χ1v) is 6.66. The minimum atomic E-state index is -0.133. The van der Waals surface area contributed by atoms with Gasteiger partial charge in [0.1, 0.15) is 5.78 Å². The number of Topliss-reactive ketones (excluding diaryl/α,β-unsaturated/α-hetero) is 1. The largest absolute Gasteiger partial charge is 0.299 e. The van der Waals surface area contributed by atoms with Crippen LogP contribution in [0.5, 0.6) is 0 Å². The van der Waals surface area contributed by atoms with Crippen LogP contribution in [0.15, 0.2) is 11.6 Å². The van der Waals surface area contributed by atoms with Gasteiger partial charge in [0, 0.05) is 6.42 Å². The monoisotopic (exact) mass is 218 g/mol. The molecule has 0 amide bonds. The van der Waals surface area contributed by atoms with E-state index in [1.807, 2.05) is 0 Å². The van der Waals surface area contributed by atoms with Gasteiger partial charge in [0.05, 0.1) is 5.41 Å². The van der Waals surface area contributed by atoms with E-state index >= 15 is 0 Å². The molecule has 0 aromatic rings. The van der Waals surface area contributed by atoms with Crippen LogP contribution < -0.4 is 0 Å². The second kappa shape index (κ2) is 2.80. The molecule has 16 heavy (non-hydrogen) atoms. The van der Waals surface area contributed by atoms with E-state index in [1.54, 1.807) is 0 Å². The summed E-state index contributed by atoms with van der Waals surface area (Å²) in [5.41, 5.74) is 1.61. The molecule has 0 aromatic heterocycles. The van der Waals surface area contributed by atoms with Gasteiger partial charge in [-0.25, -0.2) is 0 Å². The zero-order valence-corrected chi connectivity index (χ0v) is 10.8. The average molecular weight is 218 g/mol. The molecule has 1 heteroatoms. The van der Waals surface area contributed by atoms with E-state index in [1.165, 1.54) is 18.4 Å². The van der Waals surface area contributed by atoms with Crippen molar-refractivity contribution in [1.82, 2.24) is 0 Å². The Morgan fingerprint density at radius 1 is 1.38 bits per heavy atom. The van der Waals surface area contributed by atoms with Crippen LogP contribution in [0.4, 0.5) is 0 Å². The van der Waals surface area contributed by atoms with Gasteiger partial charge >= 0.3 is 0 Å². The lowest BCUT2D eigenvalue weighted by Crippen LogP contribution is -2.40. The first-order valence-electron chi connectivity index (χ1n) is 6.66. The predicted molar refractivity (Wildman–Crippen MR) is 65.0 cm³/mol. The van der Waals surface area contributed by atoms with Gasteiger partial charge in [0.25, 0.3) is 0 Å². The first-order chi connectivity index (χ1) is 7.43. The molecule has 1 nitrogen and oxygen atoms in total. The Bertz CT molecular complexity index is 394. The second-order valence-electron chi connectivity index (χ2n) is 6.60. The Kier molecular flexibility index (Phi) is 1.85. The number of carbonyl (C=O) groups excluding carboxylic acids is 1. The lowest BCUT2D eigenvalue weighted by molar-refractivity contribution is -0.126. The first kappa shape index (κ1) is 10.6. The Balaban J connectivity index is 2.18. The van der Waals surface area contributed by atoms with Crippen LogP contribution in [0.1, 0.15) is 47.0 Å². The zero-order chi connectivity index (χ0) is 11.7. The van der Waals surface area contributed by atoms with Gasteiger partial charge in [-0.1, -0.05) is 25.5 Å². The van der Waals surface area contributed by atoms with Crippen molar-refractivity contribution in [3.63, 3.8) is 0 Å². The molecule has 3 aliphatic rings. The molecule has 3 rings (SSSR count). The fraction of sp³-hybridized carbons (Fsp3) is 0.800. The van der Waals surface area contributed by atoms with Crippen LogP contribution >= 0.6 is 0 Å². The van der Waals surface area contributed by atoms with Crippen LogP contribution in [0.2, 0.25) is 0 Å². The number of carbonyl (C=O) groups is 1. The molecule has 0 saturated heterocycles. The van der Waals surface area contributed by atoms with Crippen molar-refractivity contribution < 1.29 is 4.79 Å². The number of rotatable bonds is 0. The average Bonchev–Trinajstić information content (AvgIpc) is 2.72. The van der Waals surface area contributed by atoms with E-state index < -0.39 is 0 Å². The summed E-state index contributed by atoms with van der Waals surface area (Å²) in [6, 6.07) is 0. The third kappa shape index (κ3) is 0.846. The predicted octanol–water partition coefficient (Wildman–Crippen LogP) is 3.59. The van der Waals surface area contributed by atoms with Crippen molar-refractivity contribution in [1.29, 1.82) is 0 Å². The van der Waals surface area contributed by atoms with Gasteiger partial charge in [-0.15, -0.1) is 0 Å². The Morgan fingerprint density at radius 2 is 2.06 bits per heavy atom. The fourth-order valence-corrected chi connectivity index (χ4v) is 5.25. The lowest BCUT2D eigenvalue weighted by Gasteiger charge is -2.41. The molecule has 3 aliphatic carbocycles. The van der Waals surface area contributed by atoms with Crippen molar-refractivity contribution in [3.05, 3.63) is 11.6 Å². The van der Waals surface area contributed by atoms with E-state index in [0.717, 1.165) is 12.3 Å². The Hall–Kier alpha value is -0.590. The summed E-state index contributed by atoms with van der Waals surface area (Å²) in [7, 11) is 0. The van der Waals surface area contributed by atoms with Crippen molar-refractivity contribution in [2.45, 2.75) is 47.0 Å². The maximum Gasteiger partial charge on any atom is 0.143 e. The van der Waals surface area contributed by atoms with Gasteiger partial charge in [-0.3, -0.25) is 4.79 Å². The third-order valence-electron chi connectivity index (χ3n) is 6.29. The van der Waals surface area contributed by atoms with Crippen molar-refractivity contribution in [2.75, 3.05) is 0 Å². The Morgan fingerprint density at radius 3 is 2.75 bits per heavy atom. The highest BCUT2D eigenvalue weighted by molar-refractivity contribution is 5.91. The summed E-state index contributed by atoms with van der Waals surface area (Å²) in [4.78, 5) is 12.4. The summed E-state index contributed by atoms with van der Waals surface area (Å²) >= 11 is 0. The SMILES string of the molecule is CC1=C[C@@]2(C)C(=O)CC3[C@@H](C)CC[C@@]32[C@H]1C. The van der Waals surface area contributed by atoms with Crippen LogP contribution in [0, 0.1) is 28.6 Å². The molecule has 2 saturated carbocycles. The normalized spacial score (nSPS) is 55.1. The lowest BCUT2D eigenvalue weighted by atomic mass is 9.61. The molecule has 1 spiro atoms. The Labute approximate surface area is 98.3 Å². The summed E-state index contributed by atoms with van der Waals surface area (Å²) in [6.07, 6.45) is 5.72. The highest BCUT2D eigenvalue weighted by Gasteiger charge is 2.69. The van der Waals surface area contributed by atoms with E-state index in [2.05, 4.69) is 33.8 Å². The molecular weight excluding hydrogens is 196 g/mol. The van der Waals surface area contributed by atoms with Gasteiger partial charge in [-0.2, -0.15) is 0 Å². The molecule has 0 N–H and O–H groups in total. The topological polar surface area (TPSA) is 17.1 Å². The molecule has 88 valence electrons. The van der Waals surface area contributed by atoms with Crippen LogP contribution in [0.25, 0.3) is 0 Å². The highest BCUT2D eigenvalue weighted by atomic mass is 16.1. The highest BCUT2D eigenvalue weighted by Crippen LogP contribution is 2.71. The molecule has 0 bridgehead atoms. The summed E-state index contributed by atoms with van der Waals surface area (Å²) in [5.74, 6) is 2.51. The zero-order valence-electron chi connectivity index (χ0n) is 10.8. The van der Waals surface area contributed by atoms with Crippen molar-refractivity contribution >= 4 is 5.78 Å². The third-order valence-corrected chi connectivity index (χ3v) is 6.29. The van der Waals surface area contributed by atoms with E-state index in [4.69, 9.17) is 0 Å². The van der Waals surface area contributed by atoms with Gasteiger partial charge < -0.3 is 0 Å². The fourth-order valence-electron chi connectivity index (χ4n) is 5.25. The number of allylic oxidation sites excluding steroid dienone is 2. The standard InChI is InChI=1S/C15H22O/c1-9-5-6-15-11(3)10(2)8-14(15,4)13(16)7-12(9)15/h8-9,11-12H,5-7H2,1-4H3/t9-,11-,12?,14-,15+/m0/s1. The number of hydrogen-bond donors (Lipinski definition) is 0. The van der Waals surface area contributed by atoms with Crippen LogP contribution in [-0.2, 0) is 4.79 Å². The van der Waals surface area contributed by atoms with E-state index in [0.29, 0.717) is 17.6 Å². The summed E-state index contributed by atoms with van der Waals surface area (Å²) in [6.45, 7) is 9.12. The quantitative estimate of drug-likeness (QED) is 0.568. The number of hydrogen-bond acceptors (Lipinski definition) is 1. The smallest absolute Gasteiger partial charge is 0.143 e. The summed E-state index contributed by atoms with van der Waals surface area (Å²) < 4.78 is 0. The van der Waals surface area contributed by atoms with E-state index in [9.17, 15) is 4.79 Å². The van der Waals surface area contributed by atoms with Crippen molar-refractivity contribution in [2.24, 2.45) is 28.6 Å². The molecular formula is C15H22O. The van der Waals surface area contributed by atoms with Gasteiger partial charge in [0.15, 0.2) is 0 Å². The molecule has 2 fully saturated rings. The maximum absolute atomic E-state index is 12.4. The van der Waals surface area contributed by atoms with Gasteiger partial charge in [0.2, 0.25) is 0 Å². The number of ketones is 1. The van der Waals surface area contributed by atoms with Crippen LogP contribution in [0.3, 0.4) is 0 Å². The van der Waals surface area contributed by atoms with Crippen LogP contribution in [-0.4, -0.2) is 5.78 Å². The minimum absolute atomic E-state index is 0.133. The summed E-state index contributed by atoms with van der Waals surface area (Å²) in [5, 5.41) is 0. The second-order valence-corrected chi connectivity index (χ2v) is 6.60. The van der Waals surface area contributed by atoms with Crippen molar-refractivity contribution in [3.8, 4) is 0 Å². The molecule has 5 atom stereocenters.